The maximum Gasteiger partial charge on any atom is 0.508 e. The van der Waals surface area contributed by atoms with Crippen molar-refractivity contribution in [2.24, 2.45) is 11.3 Å². The molecule has 0 aliphatic rings. The highest BCUT2D eigenvalue weighted by molar-refractivity contribution is 5.59. The SMILES string of the molecule is CCCCCC(C)(CCCCC)COC(=O)OCC(C)C. The van der Waals surface area contributed by atoms with E-state index in [1.54, 1.807) is 0 Å². The van der Waals surface area contributed by atoms with Crippen molar-refractivity contribution in [2.45, 2.75) is 86.0 Å². The zero-order chi connectivity index (χ0) is 16.1. The van der Waals surface area contributed by atoms with Gasteiger partial charge in [-0.15, -0.1) is 0 Å². The zero-order valence-electron chi connectivity index (χ0n) is 14.9. The molecule has 126 valence electrons. The van der Waals surface area contributed by atoms with Gasteiger partial charge < -0.3 is 9.47 Å². The molecule has 0 N–H and O–H groups in total. The van der Waals surface area contributed by atoms with Crippen molar-refractivity contribution in [3.63, 3.8) is 0 Å². The third-order valence-corrected chi connectivity index (χ3v) is 3.84. The minimum atomic E-state index is -0.513. The van der Waals surface area contributed by atoms with Crippen LogP contribution in [0.2, 0.25) is 0 Å². The highest BCUT2D eigenvalue weighted by atomic mass is 16.7. The minimum Gasteiger partial charge on any atom is -0.434 e. The predicted octanol–water partition coefficient (Wildman–Crippen LogP) is 5.96. The van der Waals surface area contributed by atoms with Crippen molar-refractivity contribution in [1.82, 2.24) is 0 Å². The summed E-state index contributed by atoms with van der Waals surface area (Å²) in [6.45, 7) is 11.6. The maximum absolute atomic E-state index is 11.6. The number of rotatable bonds is 12. The van der Waals surface area contributed by atoms with E-state index >= 15 is 0 Å². The zero-order valence-corrected chi connectivity index (χ0v) is 14.9. The largest absolute Gasteiger partial charge is 0.508 e. The first-order valence-corrected chi connectivity index (χ1v) is 8.73. The number of carbonyl (C=O) groups excluding carboxylic acids is 1. The van der Waals surface area contributed by atoms with Crippen molar-refractivity contribution < 1.29 is 14.3 Å². The minimum absolute atomic E-state index is 0.0984. The van der Waals surface area contributed by atoms with Gasteiger partial charge >= 0.3 is 6.16 Å². The molecule has 3 heteroatoms. The number of ether oxygens (including phenoxy) is 2. The lowest BCUT2D eigenvalue weighted by atomic mass is 9.80. The quantitative estimate of drug-likeness (QED) is 0.329. The maximum atomic E-state index is 11.6. The number of hydrogen-bond acceptors (Lipinski definition) is 3. The number of unbranched alkanes of at least 4 members (excludes halogenated alkanes) is 4. The molecule has 0 saturated carbocycles. The molecule has 21 heavy (non-hydrogen) atoms. The van der Waals surface area contributed by atoms with Gasteiger partial charge in [-0.25, -0.2) is 4.79 Å². The van der Waals surface area contributed by atoms with Crippen LogP contribution in [-0.2, 0) is 9.47 Å². The average Bonchev–Trinajstić information content (AvgIpc) is 2.44. The van der Waals surface area contributed by atoms with E-state index in [1.807, 2.05) is 13.8 Å². The third kappa shape index (κ3) is 11.6. The standard InChI is InChI=1S/C18H36O3/c1-6-8-10-12-18(5,13-11-9-7-2)15-21-17(19)20-14-16(3)4/h16H,6-15H2,1-5H3. The Balaban J connectivity index is 4.20. The van der Waals surface area contributed by atoms with Gasteiger partial charge in [-0.2, -0.15) is 0 Å². The van der Waals surface area contributed by atoms with E-state index in [4.69, 9.17) is 9.47 Å². The molecule has 0 aromatic heterocycles. The first-order chi connectivity index (χ1) is 9.93. The molecule has 0 saturated heterocycles. The summed E-state index contributed by atoms with van der Waals surface area (Å²) in [7, 11) is 0. The fourth-order valence-electron chi connectivity index (χ4n) is 2.38. The number of carbonyl (C=O) groups is 1. The average molecular weight is 300 g/mol. The molecule has 0 rings (SSSR count). The van der Waals surface area contributed by atoms with Crippen LogP contribution in [0.4, 0.5) is 4.79 Å². The van der Waals surface area contributed by atoms with Gasteiger partial charge in [0, 0.05) is 5.41 Å². The van der Waals surface area contributed by atoms with Gasteiger partial charge in [0.2, 0.25) is 0 Å². The normalized spacial score (nSPS) is 11.7. The Morgan fingerprint density at radius 1 is 0.952 bits per heavy atom. The van der Waals surface area contributed by atoms with Gasteiger partial charge in [0.25, 0.3) is 0 Å². The van der Waals surface area contributed by atoms with Crippen LogP contribution in [0.15, 0.2) is 0 Å². The second-order valence-corrected chi connectivity index (χ2v) is 6.97. The second-order valence-electron chi connectivity index (χ2n) is 6.97. The summed E-state index contributed by atoms with van der Waals surface area (Å²) in [6, 6.07) is 0. The third-order valence-electron chi connectivity index (χ3n) is 3.84. The van der Waals surface area contributed by atoms with Gasteiger partial charge in [-0.3, -0.25) is 0 Å². The van der Waals surface area contributed by atoms with Crippen molar-refractivity contribution in [2.75, 3.05) is 13.2 Å². The molecule has 0 bridgehead atoms. The lowest BCUT2D eigenvalue weighted by molar-refractivity contribution is 0.0144. The van der Waals surface area contributed by atoms with Crippen molar-refractivity contribution in [3.05, 3.63) is 0 Å². The van der Waals surface area contributed by atoms with E-state index in [0.29, 0.717) is 19.1 Å². The van der Waals surface area contributed by atoms with Crippen LogP contribution < -0.4 is 0 Å². The lowest BCUT2D eigenvalue weighted by Gasteiger charge is -2.29. The van der Waals surface area contributed by atoms with Gasteiger partial charge in [0.15, 0.2) is 0 Å². The van der Waals surface area contributed by atoms with E-state index in [-0.39, 0.29) is 5.41 Å². The van der Waals surface area contributed by atoms with E-state index in [1.165, 1.54) is 38.5 Å². The first kappa shape index (κ1) is 20.3. The summed E-state index contributed by atoms with van der Waals surface area (Å²) < 4.78 is 10.4. The molecular weight excluding hydrogens is 264 g/mol. The molecule has 0 aliphatic heterocycles. The smallest absolute Gasteiger partial charge is 0.434 e. The Labute approximate surface area is 131 Å². The van der Waals surface area contributed by atoms with Crippen LogP contribution in [0.1, 0.15) is 86.0 Å². The molecule has 0 spiro atoms. The van der Waals surface area contributed by atoms with Gasteiger partial charge in [0.05, 0.1) is 6.61 Å². The van der Waals surface area contributed by atoms with Crippen LogP contribution in [0, 0.1) is 11.3 Å². The summed E-state index contributed by atoms with van der Waals surface area (Å²) in [4.78, 5) is 11.6. The Morgan fingerprint density at radius 3 is 1.90 bits per heavy atom. The van der Waals surface area contributed by atoms with E-state index in [9.17, 15) is 4.79 Å². The van der Waals surface area contributed by atoms with Crippen molar-refractivity contribution >= 4 is 6.16 Å². The molecule has 0 heterocycles. The molecule has 0 aromatic carbocycles. The summed E-state index contributed by atoms with van der Waals surface area (Å²) in [5.74, 6) is 0.345. The van der Waals surface area contributed by atoms with Crippen LogP contribution in [0.5, 0.6) is 0 Å². The fourth-order valence-corrected chi connectivity index (χ4v) is 2.38. The molecular formula is C18H36O3. The van der Waals surface area contributed by atoms with Crippen LogP contribution in [0.3, 0.4) is 0 Å². The second kappa shape index (κ2) is 11.9. The number of hydrogen-bond donors (Lipinski definition) is 0. The van der Waals surface area contributed by atoms with Gasteiger partial charge in [0.1, 0.15) is 6.61 Å². The molecule has 0 aliphatic carbocycles. The summed E-state index contributed by atoms with van der Waals surface area (Å²) in [6.07, 6.45) is 9.12. The van der Waals surface area contributed by atoms with Crippen molar-refractivity contribution in [1.29, 1.82) is 0 Å². The van der Waals surface area contributed by atoms with E-state index < -0.39 is 6.16 Å². The predicted molar refractivity (Wildman–Crippen MR) is 88.5 cm³/mol. The molecule has 0 atom stereocenters. The molecule has 0 aromatic rings. The first-order valence-electron chi connectivity index (χ1n) is 8.73. The molecule has 0 amide bonds. The van der Waals surface area contributed by atoms with Gasteiger partial charge in [-0.05, 0) is 18.8 Å². The summed E-state index contributed by atoms with van der Waals surface area (Å²) >= 11 is 0. The Morgan fingerprint density at radius 2 is 1.48 bits per heavy atom. The molecule has 0 fully saturated rings. The van der Waals surface area contributed by atoms with Crippen LogP contribution in [-0.4, -0.2) is 19.4 Å². The Hall–Kier alpha value is -0.730. The van der Waals surface area contributed by atoms with Crippen molar-refractivity contribution in [3.8, 4) is 0 Å². The highest BCUT2D eigenvalue weighted by Gasteiger charge is 2.25. The Bertz CT molecular complexity index is 251. The van der Waals surface area contributed by atoms with E-state index in [0.717, 1.165) is 12.8 Å². The monoisotopic (exact) mass is 300 g/mol. The highest BCUT2D eigenvalue weighted by Crippen LogP contribution is 2.31. The fraction of sp³-hybridized carbons (Fsp3) is 0.944. The van der Waals surface area contributed by atoms with E-state index in [2.05, 4.69) is 20.8 Å². The lowest BCUT2D eigenvalue weighted by Crippen LogP contribution is -2.26. The summed E-state index contributed by atoms with van der Waals surface area (Å²) in [5, 5.41) is 0. The molecule has 0 radical (unpaired) electrons. The van der Waals surface area contributed by atoms with Gasteiger partial charge in [-0.1, -0.05) is 73.1 Å². The Kier molecular flexibility index (Phi) is 11.5. The molecule has 0 unspecified atom stereocenters. The summed E-state index contributed by atoms with van der Waals surface area (Å²) in [5.41, 5.74) is 0.0984. The topological polar surface area (TPSA) is 35.5 Å². The van der Waals surface area contributed by atoms with Crippen LogP contribution in [0.25, 0.3) is 0 Å². The molecule has 3 nitrogen and oxygen atoms in total. The van der Waals surface area contributed by atoms with Crippen LogP contribution >= 0.6 is 0 Å².